The van der Waals surface area contributed by atoms with Gasteiger partial charge in [-0.25, -0.2) is 18.4 Å². The van der Waals surface area contributed by atoms with Crippen molar-refractivity contribution in [3.05, 3.63) is 77.7 Å². The number of benzene rings is 2. The molecule has 190 valence electrons. The Morgan fingerprint density at radius 3 is 2.68 bits per heavy atom. The standard InChI is InChI=1S/C29H24N4O4S/c1-3-38(35,36)20-6-9-24(26(15-20)37-2)32-27-16-21-19(17-31-27)10-13-30-23(21)8-5-18-4-7-22-25(14-18)33-28(34)29(22)11-12-29/h4,6-7,9-10,13-17H,3,11-12H2,1-2H3,(H,31,32)(H,33,34). The molecule has 0 radical (unpaired) electrons. The van der Waals surface area contributed by atoms with Crippen molar-refractivity contribution in [2.24, 2.45) is 0 Å². The van der Waals surface area contributed by atoms with E-state index in [-0.39, 0.29) is 22.0 Å². The Balaban J connectivity index is 1.31. The second kappa shape index (κ2) is 8.85. The van der Waals surface area contributed by atoms with Crippen molar-refractivity contribution in [1.82, 2.24) is 9.97 Å². The molecular weight excluding hydrogens is 500 g/mol. The molecule has 2 aromatic heterocycles. The van der Waals surface area contributed by atoms with Crippen LogP contribution in [0.1, 0.15) is 36.6 Å². The Labute approximate surface area is 220 Å². The number of amides is 1. The van der Waals surface area contributed by atoms with Crippen LogP contribution in [0.5, 0.6) is 5.75 Å². The third kappa shape index (κ3) is 4.03. The molecule has 2 aliphatic rings. The van der Waals surface area contributed by atoms with Crippen LogP contribution in [0.3, 0.4) is 0 Å². The van der Waals surface area contributed by atoms with Gasteiger partial charge in [-0.3, -0.25) is 4.79 Å². The number of nitrogens with one attached hydrogen (secondary N) is 2. The molecule has 1 aliphatic carbocycles. The van der Waals surface area contributed by atoms with Crippen LogP contribution in [0.4, 0.5) is 17.2 Å². The molecule has 1 aliphatic heterocycles. The van der Waals surface area contributed by atoms with Gasteiger partial charge in [0.1, 0.15) is 17.3 Å². The lowest BCUT2D eigenvalue weighted by Gasteiger charge is -2.13. The molecule has 0 atom stereocenters. The number of ether oxygens (including phenoxy) is 1. The average molecular weight is 525 g/mol. The molecule has 1 fully saturated rings. The second-order valence-corrected chi connectivity index (χ2v) is 11.7. The predicted molar refractivity (Wildman–Crippen MR) is 146 cm³/mol. The first-order valence-corrected chi connectivity index (χ1v) is 13.9. The van der Waals surface area contributed by atoms with E-state index in [1.165, 1.54) is 13.2 Å². The number of hydrogen-bond acceptors (Lipinski definition) is 7. The zero-order valence-electron chi connectivity index (χ0n) is 20.8. The van der Waals surface area contributed by atoms with Crippen LogP contribution >= 0.6 is 0 Å². The van der Waals surface area contributed by atoms with E-state index in [0.717, 1.165) is 40.4 Å². The maximum absolute atomic E-state index is 12.3. The Kier molecular flexibility index (Phi) is 5.58. The van der Waals surface area contributed by atoms with Gasteiger partial charge in [-0.1, -0.05) is 18.9 Å². The van der Waals surface area contributed by atoms with E-state index in [4.69, 9.17) is 4.74 Å². The maximum atomic E-state index is 12.3. The van der Waals surface area contributed by atoms with Crippen LogP contribution in [-0.4, -0.2) is 37.2 Å². The highest BCUT2D eigenvalue weighted by molar-refractivity contribution is 7.91. The molecule has 1 saturated carbocycles. The number of aromatic nitrogens is 2. The van der Waals surface area contributed by atoms with Crippen LogP contribution in [-0.2, 0) is 20.0 Å². The van der Waals surface area contributed by atoms with Gasteiger partial charge in [-0.15, -0.1) is 0 Å². The van der Waals surface area contributed by atoms with E-state index in [0.29, 0.717) is 22.9 Å². The topological polar surface area (TPSA) is 110 Å². The maximum Gasteiger partial charge on any atom is 0.235 e. The summed E-state index contributed by atoms with van der Waals surface area (Å²) in [6, 6.07) is 14.3. The second-order valence-electron chi connectivity index (χ2n) is 9.39. The molecule has 6 rings (SSSR count). The van der Waals surface area contributed by atoms with Crippen molar-refractivity contribution in [3.63, 3.8) is 0 Å². The number of sulfone groups is 1. The molecule has 1 amide bonds. The van der Waals surface area contributed by atoms with Crippen LogP contribution in [0.2, 0.25) is 0 Å². The SMILES string of the molecule is CCS(=O)(=O)c1ccc(Nc2cc3c(C#Cc4ccc5c(c4)NC(=O)C54CC4)nccc3cn2)c(OC)c1. The number of rotatable bonds is 5. The Morgan fingerprint density at radius 2 is 1.92 bits per heavy atom. The van der Waals surface area contributed by atoms with E-state index in [1.807, 2.05) is 30.3 Å². The zero-order valence-corrected chi connectivity index (χ0v) is 21.6. The number of anilines is 3. The van der Waals surface area contributed by atoms with Gasteiger partial charge in [0.15, 0.2) is 9.84 Å². The summed E-state index contributed by atoms with van der Waals surface area (Å²) in [4.78, 5) is 21.5. The van der Waals surface area contributed by atoms with Crippen LogP contribution in [0, 0.1) is 11.8 Å². The van der Waals surface area contributed by atoms with Crippen LogP contribution in [0.15, 0.2) is 65.8 Å². The Morgan fingerprint density at radius 1 is 1.08 bits per heavy atom. The first-order valence-electron chi connectivity index (χ1n) is 12.2. The largest absolute Gasteiger partial charge is 0.495 e. The van der Waals surface area contributed by atoms with Gasteiger partial charge in [-0.2, -0.15) is 0 Å². The van der Waals surface area contributed by atoms with Crippen molar-refractivity contribution in [1.29, 1.82) is 0 Å². The van der Waals surface area contributed by atoms with E-state index < -0.39 is 9.84 Å². The minimum atomic E-state index is -3.36. The number of methoxy groups -OCH3 is 1. The van der Waals surface area contributed by atoms with Crippen molar-refractivity contribution in [2.45, 2.75) is 30.1 Å². The molecule has 4 aromatic rings. The number of fused-ring (bicyclic) bond motifs is 3. The lowest BCUT2D eigenvalue weighted by molar-refractivity contribution is -0.117. The van der Waals surface area contributed by atoms with Crippen molar-refractivity contribution < 1.29 is 17.9 Å². The van der Waals surface area contributed by atoms with Crippen LogP contribution in [0.25, 0.3) is 10.8 Å². The van der Waals surface area contributed by atoms with Gasteiger partial charge in [0.2, 0.25) is 5.91 Å². The van der Waals surface area contributed by atoms with E-state index in [1.54, 1.807) is 31.5 Å². The summed E-state index contributed by atoms with van der Waals surface area (Å²) >= 11 is 0. The minimum absolute atomic E-state index is 0.00679. The molecule has 38 heavy (non-hydrogen) atoms. The normalized spacial score (nSPS) is 14.9. The molecule has 0 unspecified atom stereocenters. The van der Waals surface area contributed by atoms with Gasteiger partial charge in [0, 0.05) is 40.5 Å². The highest BCUT2D eigenvalue weighted by Crippen LogP contribution is 2.55. The van der Waals surface area contributed by atoms with E-state index in [9.17, 15) is 13.2 Å². The third-order valence-corrected chi connectivity index (χ3v) is 8.85. The highest BCUT2D eigenvalue weighted by atomic mass is 32.2. The van der Waals surface area contributed by atoms with E-state index >= 15 is 0 Å². The number of hydrogen-bond donors (Lipinski definition) is 2. The average Bonchev–Trinajstić information content (AvgIpc) is 3.69. The fraction of sp³-hybridized carbons (Fsp3) is 0.207. The molecule has 2 N–H and O–H groups in total. The quantitative estimate of drug-likeness (QED) is 0.368. The number of pyridine rings is 2. The molecular formula is C29H24N4O4S. The summed E-state index contributed by atoms with van der Waals surface area (Å²) in [7, 11) is -1.87. The fourth-order valence-corrected chi connectivity index (χ4v) is 5.66. The predicted octanol–water partition coefficient (Wildman–Crippen LogP) is 4.56. The van der Waals surface area contributed by atoms with E-state index in [2.05, 4.69) is 32.4 Å². The molecule has 9 heteroatoms. The third-order valence-electron chi connectivity index (χ3n) is 7.12. The molecule has 1 spiro atoms. The summed E-state index contributed by atoms with van der Waals surface area (Å²) in [5.74, 6) is 7.36. The minimum Gasteiger partial charge on any atom is -0.495 e. The highest BCUT2D eigenvalue weighted by Gasteiger charge is 2.56. The monoisotopic (exact) mass is 524 g/mol. The Bertz CT molecular complexity index is 1800. The molecule has 2 aromatic carbocycles. The summed E-state index contributed by atoms with van der Waals surface area (Å²) < 4.78 is 30.0. The van der Waals surface area contributed by atoms with Crippen molar-refractivity contribution in [3.8, 4) is 17.6 Å². The van der Waals surface area contributed by atoms with Gasteiger partial charge in [0.25, 0.3) is 0 Å². The molecule has 0 bridgehead atoms. The zero-order chi connectivity index (χ0) is 26.5. The molecule has 3 heterocycles. The molecule has 8 nitrogen and oxygen atoms in total. The lowest BCUT2D eigenvalue weighted by atomic mass is 9.97. The first kappa shape index (κ1) is 23.9. The summed E-state index contributed by atoms with van der Waals surface area (Å²) in [6.45, 7) is 1.60. The summed E-state index contributed by atoms with van der Waals surface area (Å²) in [6.07, 6.45) is 5.22. The summed E-state index contributed by atoms with van der Waals surface area (Å²) in [5.41, 5.74) is 3.55. The molecule has 0 saturated heterocycles. The van der Waals surface area contributed by atoms with Gasteiger partial charge >= 0.3 is 0 Å². The first-order chi connectivity index (χ1) is 18.3. The van der Waals surface area contributed by atoms with Crippen LogP contribution < -0.4 is 15.4 Å². The van der Waals surface area contributed by atoms with Crippen molar-refractivity contribution >= 4 is 43.7 Å². The number of carbonyl (C=O) groups is 1. The Hall–Kier alpha value is -4.42. The number of carbonyl (C=O) groups excluding carboxylic acids is 1. The van der Waals surface area contributed by atoms with Gasteiger partial charge in [-0.05, 0) is 60.7 Å². The number of nitrogens with zero attached hydrogens (tertiary/aromatic N) is 2. The van der Waals surface area contributed by atoms with Crippen molar-refractivity contribution in [2.75, 3.05) is 23.5 Å². The smallest absolute Gasteiger partial charge is 0.235 e. The fourth-order valence-electron chi connectivity index (χ4n) is 4.77. The summed E-state index contributed by atoms with van der Waals surface area (Å²) in [5, 5.41) is 7.89. The lowest BCUT2D eigenvalue weighted by Crippen LogP contribution is -2.18. The van der Waals surface area contributed by atoms with Gasteiger partial charge in [0.05, 0.1) is 28.9 Å². The van der Waals surface area contributed by atoms with Gasteiger partial charge < -0.3 is 15.4 Å².